The molecule has 2 aromatic rings. The number of H-pyrrole nitrogens is 1. The summed E-state index contributed by atoms with van der Waals surface area (Å²) in [4.78, 5) is 15.5. The van der Waals surface area contributed by atoms with Crippen molar-refractivity contribution in [3.8, 4) is 0 Å². The number of carbonyl (C=O) groups excluding carboxylic acids is 1. The zero-order chi connectivity index (χ0) is 14.0. The van der Waals surface area contributed by atoms with Gasteiger partial charge in [-0.3, -0.25) is 9.89 Å². The first-order valence-electron chi connectivity index (χ1n) is 5.72. The molecule has 0 aliphatic carbocycles. The van der Waals surface area contributed by atoms with Crippen molar-refractivity contribution in [2.24, 2.45) is 0 Å². The Labute approximate surface area is 109 Å². The number of benzene rings is 1. The van der Waals surface area contributed by atoms with Crippen molar-refractivity contribution in [2.45, 2.75) is 19.9 Å². The Kier molecular flexibility index (Phi) is 3.46. The molecule has 6 nitrogen and oxygen atoms in total. The molecule has 0 radical (unpaired) electrons. The number of halogens is 1. The lowest BCUT2D eigenvalue weighted by molar-refractivity contribution is 0.0929. The third-order valence-electron chi connectivity index (χ3n) is 2.76. The number of hydrogen-bond acceptors (Lipinski definition) is 4. The van der Waals surface area contributed by atoms with Crippen molar-refractivity contribution in [3.63, 3.8) is 0 Å². The number of aryl methyl sites for hydroxylation is 1. The standard InChI is InChI=1S/C12H14FN5O/c1-6-3-4-8(5-9(6)13)7(2)15-11(19)10-16-12(14)18-17-10/h3-5,7H,1-2H3,(H,15,19)(H3,14,16,17,18). The van der Waals surface area contributed by atoms with Crippen LogP contribution in [0.2, 0.25) is 0 Å². The fraction of sp³-hybridized carbons (Fsp3) is 0.250. The van der Waals surface area contributed by atoms with Gasteiger partial charge in [0.1, 0.15) is 5.82 Å². The van der Waals surface area contributed by atoms with E-state index >= 15 is 0 Å². The van der Waals surface area contributed by atoms with E-state index in [4.69, 9.17) is 5.73 Å². The molecule has 7 heteroatoms. The molecule has 1 unspecified atom stereocenters. The molecule has 0 spiro atoms. The summed E-state index contributed by atoms with van der Waals surface area (Å²) >= 11 is 0. The van der Waals surface area contributed by atoms with Crippen molar-refractivity contribution >= 4 is 11.9 Å². The summed E-state index contributed by atoms with van der Waals surface area (Å²) in [5.74, 6) is -0.726. The number of hydrogen-bond donors (Lipinski definition) is 3. The van der Waals surface area contributed by atoms with Crippen LogP contribution >= 0.6 is 0 Å². The van der Waals surface area contributed by atoms with Crippen molar-refractivity contribution in [2.75, 3.05) is 5.73 Å². The number of nitrogen functional groups attached to an aromatic ring is 1. The van der Waals surface area contributed by atoms with Crippen LogP contribution in [0.25, 0.3) is 0 Å². The van der Waals surface area contributed by atoms with E-state index in [9.17, 15) is 9.18 Å². The lowest BCUT2D eigenvalue weighted by Crippen LogP contribution is -2.27. The van der Waals surface area contributed by atoms with E-state index in [1.54, 1.807) is 26.0 Å². The zero-order valence-electron chi connectivity index (χ0n) is 10.6. The normalized spacial score (nSPS) is 12.2. The minimum atomic E-state index is -0.447. The number of amides is 1. The molecule has 100 valence electrons. The fourth-order valence-corrected chi connectivity index (χ4v) is 1.60. The SMILES string of the molecule is Cc1ccc(C(C)NC(=O)c2nc(N)n[nH]2)cc1F. The number of nitrogens with zero attached hydrogens (tertiary/aromatic N) is 2. The number of anilines is 1. The van der Waals surface area contributed by atoms with Gasteiger partial charge in [-0.15, -0.1) is 5.10 Å². The summed E-state index contributed by atoms with van der Waals surface area (Å²) < 4.78 is 13.4. The Bertz CT molecular complexity index is 610. The van der Waals surface area contributed by atoms with Crippen LogP contribution in [-0.2, 0) is 0 Å². The minimum absolute atomic E-state index is 0.000756. The minimum Gasteiger partial charge on any atom is -0.366 e. The van der Waals surface area contributed by atoms with E-state index < -0.39 is 5.91 Å². The predicted octanol–water partition coefficient (Wildman–Crippen LogP) is 1.33. The second-order valence-corrected chi connectivity index (χ2v) is 4.25. The van der Waals surface area contributed by atoms with Crippen molar-refractivity contribution < 1.29 is 9.18 Å². The number of nitrogens with one attached hydrogen (secondary N) is 2. The van der Waals surface area contributed by atoms with Crippen LogP contribution in [0.15, 0.2) is 18.2 Å². The smallest absolute Gasteiger partial charge is 0.289 e. The number of rotatable bonds is 3. The molecule has 19 heavy (non-hydrogen) atoms. The van der Waals surface area contributed by atoms with E-state index in [1.807, 2.05) is 0 Å². The summed E-state index contributed by atoms with van der Waals surface area (Å²) in [6.45, 7) is 3.43. The molecular formula is C12H14FN5O. The van der Waals surface area contributed by atoms with Crippen LogP contribution in [0.3, 0.4) is 0 Å². The van der Waals surface area contributed by atoms with Gasteiger partial charge in [-0.25, -0.2) is 4.39 Å². The van der Waals surface area contributed by atoms with Gasteiger partial charge in [-0.1, -0.05) is 12.1 Å². The highest BCUT2D eigenvalue weighted by Gasteiger charge is 2.15. The summed E-state index contributed by atoms with van der Waals surface area (Å²) in [6, 6.07) is 4.47. The highest BCUT2D eigenvalue weighted by molar-refractivity contribution is 5.90. The second kappa shape index (κ2) is 5.05. The van der Waals surface area contributed by atoms with Gasteiger partial charge in [-0.2, -0.15) is 4.98 Å². The number of aromatic amines is 1. The number of aromatic nitrogens is 3. The van der Waals surface area contributed by atoms with Gasteiger partial charge in [0.2, 0.25) is 11.8 Å². The van der Waals surface area contributed by atoms with Gasteiger partial charge in [0.25, 0.3) is 5.91 Å². The molecule has 0 fully saturated rings. The Morgan fingerprint density at radius 1 is 1.53 bits per heavy atom. The Morgan fingerprint density at radius 2 is 2.26 bits per heavy atom. The molecule has 0 aliphatic rings. The first-order valence-corrected chi connectivity index (χ1v) is 5.72. The third-order valence-corrected chi connectivity index (χ3v) is 2.76. The summed E-state index contributed by atoms with van der Waals surface area (Å²) in [7, 11) is 0. The maximum absolute atomic E-state index is 13.4. The van der Waals surface area contributed by atoms with Gasteiger partial charge < -0.3 is 11.1 Å². The van der Waals surface area contributed by atoms with Crippen LogP contribution < -0.4 is 11.1 Å². The molecule has 0 saturated heterocycles. The van der Waals surface area contributed by atoms with Gasteiger partial charge in [0, 0.05) is 0 Å². The monoisotopic (exact) mass is 263 g/mol. The van der Waals surface area contributed by atoms with E-state index in [1.165, 1.54) is 6.07 Å². The summed E-state index contributed by atoms with van der Waals surface area (Å²) in [5, 5.41) is 8.65. The van der Waals surface area contributed by atoms with Gasteiger partial charge in [0.05, 0.1) is 6.04 Å². The summed E-state index contributed by atoms with van der Waals surface area (Å²) in [6.07, 6.45) is 0. The highest BCUT2D eigenvalue weighted by Crippen LogP contribution is 2.16. The average molecular weight is 263 g/mol. The maximum Gasteiger partial charge on any atom is 0.289 e. The maximum atomic E-state index is 13.4. The Balaban J connectivity index is 2.10. The van der Waals surface area contributed by atoms with Crippen molar-refractivity contribution in [1.82, 2.24) is 20.5 Å². The van der Waals surface area contributed by atoms with Crippen LogP contribution in [0, 0.1) is 12.7 Å². The molecule has 2 rings (SSSR count). The average Bonchev–Trinajstić information content (AvgIpc) is 2.79. The Hall–Kier alpha value is -2.44. The summed E-state index contributed by atoms with van der Waals surface area (Å²) in [5.41, 5.74) is 6.54. The van der Waals surface area contributed by atoms with Gasteiger partial charge >= 0.3 is 0 Å². The number of nitrogens with two attached hydrogens (primary N) is 1. The molecule has 0 aliphatic heterocycles. The van der Waals surface area contributed by atoms with Crippen molar-refractivity contribution in [1.29, 1.82) is 0 Å². The van der Waals surface area contributed by atoms with E-state index in [0.717, 1.165) is 0 Å². The Morgan fingerprint density at radius 3 is 2.84 bits per heavy atom. The fourth-order valence-electron chi connectivity index (χ4n) is 1.60. The quantitative estimate of drug-likeness (QED) is 0.778. The molecule has 0 bridgehead atoms. The van der Waals surface area contributed by atoms with Crippen molar-refractivity contribution in [3.05, 3.63) is 41.0 Å². The zero-order valence-corrected chi connectivity index (χ0v) is 10.6. The van der Waals surface area contributed by atoms with Crippen LogP contribution in [-0.4, -0.2) is 21.1 Å². The highest BCUT2D eigenvalue weighted by atomic mass is 19.1. The lowest BCUT2D eigenvalue weighted by Gasteiger charge is -2.13. The molecule has 4 N–H and O–H groups in total. The molecule has 1 heterocycles. The molecule has 0 saturated carbocycles. The first kappa shape index (κ1) is 13.0. The van der Waals surface area contributed by atoms with Gasteiger partial charge in [-0.05, 0) is 31.0 Å². The predicted molar refractivity (Wildman–Crippen MR) is 67.8 cm³/mol. The van der Waals surface area contributed by atoms with Crippen LogP contribution in [0.5, 0.6) is 0 Å². The third kappa shape index (κ3) is 2.87. The number of carbonyl (C=O) groups is 1. The molecular weight excluding hydrogens is 249 g/mol. The topological polar surface area (TPSA) is 96.7 Å². The molecule has 1 amide bonds. The second-order valence-electron chi connectivity index (χ2n) is 4.25. The molecule has 1 aromatic heterocycles. The van der Waals surface area contributed by atoms with E-state index in [0.29, 0.717) is 11.1 Å². The van der Waals surface area contributed by atoms with Crippen LogP contribution in [0.4, 0.5) is 10.3 Å². The van der Waals surface area contributed by atoms with E-state index in [-0.39, 0.29) is 23.6 Å². The first-order chi connectivity index (χ1) is 8.97. The molecule has 1 atom stereocenters. The molecule has 1 aromatic carbocycles. The van der Waals surface area contributed by atoms with Gasteiger partial charge in [0.15, 0.2) is 0 Å². The largest absolute Gasteiger partial charge is 0.366 e. The van der Waals surface area contributed by atoms with E-state index in [2.05, 4.69) is 20.5 Å². The lowest BCUT2D eigenvalue weighted by atomic mass is 10.1. The van der Waals surface area contributed by atoms with Crippen LogP contribution in [0.1, 0.15) is 34.7 Å².